The molecule has 0 radical (unpaired) electrons. The zero-order valence-corrected chi connectivity index (χ0v) is 10.5. The van der Waals surface area contributed by atoms with Gasteiger partial charge in [0.25, 0.3) is 0 Å². The monoisotopic (exact) mass is 251 g/mol. The molecule has 0 saturated heterocycles. The van der Waals surface area contributed by atoms with Crippen molar-refractivity contribution in [3.05, 3.63) is 54.1 Å². The largest absolute Gasteiger partial charge is 0.416 e. The highest BCUT2D eigenvalue weighted by atomic mass is 16.4. The van der Waals surface area contributed by atoms with Gasteiger partial charge in [-0.25, -0.2) is 0 Å². The molecule has 1 heterocycles. The molecule has 0 fully saturated rings. The SMILES string of the molecule is Cc1ccc(-c2nnc(-c3ccccc3N)o2)cc1. The first-order valence-corrected chi connectivity index (χ1v) is 5.99. The fourth-order valence-corrected chi connectivity index (χ4v) is 1.84. The maximum Gasteiger partial charge on any atom is 0.250 e. The van der Waals surface area contributed by atoms with E-state index in [1.54, 1.807) is 0 Å². The molecule has 2 aromatic carbocycles. The molecule has 0 saturated carbocycles. The minimum atomic E-state index is 0.439. The van der Waals surface area contributed by atoms with Crippen LogP contribution in [0.5, 0.6) is 0 Å². The van der Waals surface area contributed by atoms with Gasteiger partial charge in [0.15, 0.2) is 0 Å². The number of hydrogen-bond donors (Lipinski definition) is 1. The van der Waals surface area contributed by atoms with Gasteiger partial charge in [-0.1, -0.05) is 29.8 Å². The average molecular weight is 251 g/mol. The molecule has 3 aromatic rings. The molecule has 0 spiro atoms. The second kappa shape index (κ2) is 4.57. The maximum absolute atomic E-state index is 5.89. The van der Waals surface area contributed by atoms with Crippen molar-refractivity contribution in [2.24, 2.45) is 0 Å². The number of hydrogen-bond acceptors (Lipinski definition) is 4. The number of nitrogens with zero attached hydrogens (tertiary/aromatic N) is 2. The van der Waals surface area contributed by atoms with Crippen LogP contribution in [-0.2, 0) is 0 Å². The first-order valence-electron chi connectivity index (χ1n) is 5.99. The normalized spacial score (nSPS) is 10.6. The molecule has 0 aliphatic carbocycles. The van der Waals surface area contributed by atoms with Crippen LogP contribution in [0.25, 0.3) is 22.9 Å². The van der Waals surface area contributed by atoms with E-state index in [4.69, 9.17) is 10.2 Å². The highest BCUT2D eigenvalue weighted by molar-refractivity contribution is 5.70. The third kappa shape index (κ3) is 2.20. The van der Waals surface area contributed by atoms with Crippen molar-refractivity contribution in [3.63, 3.8) is 0 Å². The van der Waals surface area contributed by atoms with Gasteiger partial charge in [-0.2, -0.15) is 0 Å². The van der Waals surface area contributed by atoms with Crippen molar-refractivity contribution >= 4 is 5.69 Å². The second-order valence-electron chi connectivity index (χ2n) is 4.37. The third-order valence-corrected chi connectivity index (χ3v) is 2.91. The first kappa shape index (κ1) is 11.5. The van der Waals surface area contributed by atoms with E-state index in [2.05, 4.69) is 10.2 Å². The molecule has 2 N–H and O–H groups in total. The van der Waals surface area contributed by atoms with Crippen molar-refractivity contribution in [2.45, 2.75) is 6.92 Å². The second-order valence-corrected chi connectivity index (χ2v) is 4.37. The number of benzene rings is 2. The van der Waals surface area contributed by atoms with E-state index in [1.165, 1.54) is 5.56 Å². The summed E-state index contributed by atoms with van der Waals surface area (Å²) in [7, 11) is 0. The van der Waals surface area contributed by atoms with Crippen LogP contribution < -0.4 is 5.73 Å². The number of aryl methyl sites for hydroxylation is 1. The minimum absolute atomic E-state index is 0.439. The molecule has 1 aromatic heterocycles. The Morgan fingerprint density at radius 2 is 1.58 bits per heavy atom. The fourth-order valence-electron chi connectivity index (χ4n) is 1.84. The summed E-state index contributed by atoms with van der Waals surface area (Å²) in [6.07, 6.45) is 0. The van der Waals surface area contributed by atoms with Crippen molar-refractivity contribution in [3.8, 4) is 22.9 Å². The predicted octanol–water partition coefficient (Wildman–Crippen LogP) is 3.29. The van der Waals surface area contributed by atoms with Crippen LogP contribution in [0.2, 0.25) is 0 Å². The Hall–Kier alpha value is -2.62. The van der Waals surface area contributed by atoms with Gasteiger partial charge in [-0.05, 0) is 31.2 Å². The Kier molecular flexibility index (Phi) is 2.76. The summed E-state index contributed by atoms with van der Waals surface area (Å²) in [4.78, 5) is 0. The molecule has 4 heteroatoms. The van der Waals surface area contributed by atoms with Crippen molar-refractivity contribution in [1.82, 2.24) is 10.2 Å². The van der Waals surface area contributed by atoms with Gasteiger partial charge in [-0.15, -0.1) is 10.2 Å². The van der Waals surface area contributed by atoms with Crippen LogP contribution in [0.3, 0.4) is 0 Å². The number of rotatable bonds is 2. The van der Waals surface area contributed by atoms with E-state index in [-0.39, 0.29) is 0 Å². The Bertz CT molecular complexity index is 701. The van der Waals surface area contributed by atoms with E-state index in [9.17, 15) is 0 Å². The van der Waals surface area contributed by atoms with Crippen LogP contribution in [0.1, 0.15) is 5.56 Å². The van der Waals surface area contributed by atoms with Crippen LogP contribution >= 0.6 is 0 Å². The van der Waals surface area contributed by atoms with Crippen molar-refractivity contribution < 1.29 is 4.42 Å². The summed E-state index contributed by atoms with van der Waals surface area (Å²) >= 11 is 0. The standard InChI is InChI=1S/C15H13N3O/c1-10-6-8-11(9-7-10)14-17-18-15(19-14)12-4-2-3-5-13(12)16/h2-9H,16H2,1H3. The van der Waals surface area contributed by atoms with Gasteiger partial charge in [0.2, 0.25) is 11.8 Å². The van der Waals surface area contributed by atoms with Crippen LogP contribution in [0, 0.1) is 6.92 Å². The topological polar surface area (TPSA) is 64.9 Å². The lowest BCUT2D eigenvalue weighted by molar-refractivity contribution is 0.585. The summed E-state index contributed by atoms with van der Waals surface area (Å²) in [5.74, 6) is 0.937. The summed E-state index contributed by atoms with van der Waals surface area (Å²) < 4.78 is 5.67. The van der Waals surface area contributed by atoms with E-state index in [0.717, 1.165) is 11.1 Å². The molecular weight excluding hydrogens is 238 g/mol. The Balaban J connectivity index is 2.00. The molecule has 3 rings (SSSR count). The highest BCUT2D eigenvalue weighted by Crippen LogP contribution is 2.27. The molecule has 94 valence electrons. The number of nitrogens with two attached hydrogens (primary N) is 1. The lowest BCUT2D eigenvalue weighted by atomic mass is 10.1. The van der Waals surface area contributed by atoms with E-state index >= 15 is 0 Å². The molecule has 0 bridgehead atoms. The van der Waals surface area contributed by atoms with Crippen LogP contribution in [-0.4, -0.2) is 10.2 Å². The summed E-state index contributed by atoms with van der Waals surface area (Å²) in [6, 6.07) is 15.4. The number of nitrogen functional groups attached to an aromatic ring is 1. The van der Waals surface area contributed by atoms with Gasteiger partial charge < -0.3 is 10.2 Å². The lowest BCUT2D eigenvalue weighted by Crippen LogP contribution is -1.88. The minimum Gasteiger partial charge on any atom is -0.416 e. The zero-order chi connectivity index (χ0) is 13.2. The fraction of sp³-hybridized carbons (Fsp3) is 0.0667. The average Bonchev–Trinajstić information content (AvgIpc) is 2.89. The molecular formula is C15H13N3O. The van der Waals surface area contributed by atoms with Gasteiger partial charge in [0.05, 0.1) is 5.56 Å². The van der Waals surface area contributed by atoms with Gasteiger partial charge in [0, 0.05) is 11.3 Å². The lowest BCUT2D eigenvalue weighted by Gasteiger charge is -1.99. The third-order valence-electron chi connectivity index (χ3n) is 2.91. The molecule has 0 unspecified atom stereocenters. The summed E-state index contributed by atoms with van der Waals surface area (Å²) in [5, 5.41) is 8.11. The number of anilines is 1. The van der Waals surface area contributed by atoms with Gasteiger partial charge in [-0.3, -0.25) is 0 Å². The maximum atomic E-state index is 5.89. The summed E-state index contributed by atoms with van der Waals surface area (Å²) in [5.41, 5.74) is 9.37. The van der Waals surface area contributed by atoms with Crippen molar-refractivity contribution in [2.75, 3.05) is 5.73 Å². The highest BCUT2D eigenvalue weighted by Gasteiger charge is 2.11. The predicted molar refractivity (Wildman–Crippen MR) is 74.3 cm³/mol. The van der Waals surface area contributed by atoms with E-state index in [0.29, 0.717) is 17.5 Å². The Labute approximate surface area is 110 Å². The van der Waals surface area contributed by atoms with Gasteiger partial charge in [0.1, 0.15) is 0 Å². The Morgan fingerprint density at radius 1 is 0.895 bits per heavy atom. The first-order chi connectivity index (χ1) is 9.24. The molecule has 0 atom stereocenters. The number of para-hydroxylation sites is 1. The zero-order valence-electron chi connectivity index (χ0n) is 10.5. The van der Waals surface area contributed by atoms with E-state index < -0.39 is 0 Å². The summed E-state index contributed by atoms with van der Waals surface area (Å²) in [6.45, 7) is 2.04. The molecule has 0 amide bonds. The molecule has 19 heavy (non-hydrogen) atoms. The van der Waals surface area contributed by atoms with Crippen molar-refractivity contribution in [1.29, 1.82) is 0 Å². The van der Waals surface area contributed by atoms with E-state index in [1.807, 2.05) is 55.5 Å². The molecule has 0 aliphatic heterocycles. The quantitative estimate of drug-likeness (QED) is 0.710. The number of aromatic nitrogens is 2. The van der Waals surface area contributed by atoms with Gasteiger partial charge >= 0.3 is 0 Å². The van der Waals surface area contributed by atoms with Crippen LogP contribution in [0.15, 0.2) is 52.9 Å². The molecule has 0 aliphatic rings. The Morgan fingerprint density at radius 3 is 2.32 bits per heavy atom. The smallest absolute Gasteiger partial charge is 0.250 e. The molecule has 4 nitrogen and oxygen atoms in total. The van der Waals surface area contributed by atoms with Crippen LogP contribution in [0.4, 0.5) is 5.69 Å².